The van der Waals surface area contributed by atoms with Crippen LogP contribution in [0.5, 0.6) is 11.5 Å². The summed E-state index contributed by atoms with van der Waals surface area (Å²) < 4.78 is 18.4. The first-order chi connectivity index (χ1) is 8.07. The fraction of sp³-hybridized carbons (Fsp3) is 0.538. The second-order valence-corrected chi connectivity index (χ2v) is 4.72. The molecule has 3 N–H and O–H groups in total. The van der Waals surface area contributed by atoms with E-state index in [9.17, 15) is 9.50 Å². The average molecular weight is 239 g/mol. The van der Waals surface area contributed by atoms with E-state index in [1.165, 1.54) is 25.7 Å². The maximum Gasteiger partial charge on any atom is 0.168 e. The minimum atomic E-state index is -0.676. The SMILES string of the molecule is COc1cc(F)c(O)cc1C1(N)CCCCC1. The molecule has 0 aliphatic heterocycles. The van der Waals surface area contributed by atoms with E-state index in [-0.39, 0.29) is 5.75 Å². The highest BCUT2D eigenvalue weighted by molar-refractivity contribution is 5.45. The van der Waals surface area contributed by atoms with E-state index in [0.29, 0.717) is 11.3 Å². The second kappa shape index (κ2) is 4.53. The molecule has 1 aromatic rings. The molecule has 2 rings (SSSR count). The standard InChI is InChI=1S/C13H18FNO2/c1-17-12-8-10(14)11(16)7-9(12)13(15)5-3-2-4-6-13/h7-8,16H,2-6,15H2,1H3. The quantitative estimate of drug-likeness (QED) is 0.834. The zero-order valence-corrected chi connectivity index (χ0v) is 10.0. The Morgan fingerprint density at radius 3 is 2.53 bits per heavy atom. The van der Waals surface area contributed by atoms with Crippen LogP contribution in [0.3, 0.4) is 0 Å². The van der Waals surface area contributed by atoms with Gasteiger partial charge in [-0.2, -0.15) is 0 Å². The van der Waals surface area contributed by atoms with Crippen molar-refractivity contribution < 1.29 is 14.2 Å². The van der Waals surface area contributed by atoms with Crippen molar-refractivity contribution >= 4 is 0 Å². The first-order valence-electron chi connectivity index (χ1n) is 5.93. The molecular formula is C13H18FNO2. The normalized spacial score (nSPS) is 19.0. The molecule has 0 atom stereocenters. The molecule has 1 aliphatic rings. The third-order valence-corrected chi connectivity index (χ3v) is 3.55. The molecule has 1 aliphatic carbocycles. The third kappa shape index (κ3) is 2.22. The van der Waals surface area contributed by atoms with Crippen LogP contribution in [0.1, 0.15) is 37.7 Å². The van der Waals surface area contributed by atoms with E-state index in [4.69, 9.17) is 10.5 Å². The summed E-state index contributed by atoms with van der Waals surface area (Å²) in [7, 11) is 1.49. The van der Waals surface area contributed by atoms with Crippen molar-refractivity contribution in [1.29, 1.82) is 0 Å². The minimum absolute atomic E-state index is 0.365. The van der Waals surface area contributed by atoms with Crippen LogP contribution >= 0.6 is 0 Å². The summed E-state index contributed by atoms with van der Waals surface area (Å²) in [5, 5.41) is 9.48. The van der Waals surface area contributed by atoms with Gasteiger partial charge in [-0.15, -0.1) is 0 Å². The number of ether oxygens (including phenoxy) is 1. The van der Waals surface area contributed by atoms with Gasteiger partial charge in [0.15, 0.2) is 11.6 Å². The lowest BCUT2D eigenvalue weighted by molar-refractivity contribution is 0.286. The number of phenols is 1. The van der Waals surface area contributed by atoms with Gasteiger partial charge < -0.3 is 15.6 Å². The van der Waals surface area contributed by atoms with Crippen molar-refractivity contribution in [2.24, 2.45) is 5.73 Å². The number of hydrogen-bond acceptors (Lipinski definition) is 3. The number of nitrogens with two attached hydrogens (primary N) is 1. The Balaban J connectivity index is 2.45. The lowest BCUT2D eigenvalue weighted by atomic mass is 9.77. The highest BCUT2D eigenvalue weighted by Gasteiger charge is 2.33. The van der Waals surface area contributed by atoms with Crippen LogP contribution < -0.4 is 10.5 Å². The molecule has 0 amide bonds. The minimum Gasteiger partial charge on any atom is -0.505 e. The highest BCUT2D eigenvalue weighted by Crippen LogP contribution is 2.41. The number of halogens is 1. The molecule has 1 aromatic carbocycles. The van der Waals surface area contributed by atoms with Crippen LogP contribution in [0.25, 0.3) is 0 Å². The lowest BCUT2D eigenvalue weighted by Crippen LogP contribution is -2.38. The van der Waals surface area contributed by atoms with Crippen LogP contribution in [0, 0.1) is 5.82 Å². The first kappa shape index (κ1) is 12.2. The van der Waals surface area contributed by atoms with Crippen molar-refractivity contribution in [1.82, 2.24) is 0 Å². The van der Waals surface area contributed by atoms with Crippen molar-refractivity contribution in [3.8, 4) is 11.5 Å². The predicted molar refractivity (Wildman–Crippen MR) is 63.6 cm³/mol. The summed E-state index contributed by atoms with van der Waals surface area (Å²) >= 11 is 0. The summed E-state index contributed by atoms with van der Waals surface area (Å²) in [6.07, 6.45) is 4.97. The number of phenolic OH excluding ortho intramolecular Hbond substituents is 1. The van der Waals surface area contributed by atoms with Crippen molar-refractivity contribution in [3.05, 3.63) is 23.5 Å². The van der Waals surface area contributed by atoms with Crippen LogP contribution in [0.4, 0.5) is 4.39 Å². The van der Waals surface area contributed by atoms with Crippen LogP contribution in [-0.4, -0.2) is 12.2 Å². The van der Waals surface area contributed by atoms with Gasteiger partial charge in [-0.3, -0.25) is 0 Å². The first-order valence-corrected chi connectivity index (χ1v) is 5.93. The molecule has 0 heterocycles. The largest absolute Gasteiger partial charge is 0.505 e. The zero-order valence-electron chi connectivity index (χ0n) is 10.0. The second-order valence-electron chi connectivity index (χ2n) is 4.72. The van der Waals surface area contributed by atoms with Gasteiger partial charge in [0.2, 0.25) is 0 Å². The Morgan fingerprint density at radius 1 is 1.29 bits per heavy atom. The van der Waals surface area contributed by atoms with Gasteiger partial charge in [0.25, 0.3) is 0 Å². The van der Waals surface area contributed by atoms with Gasteiger partial charge in [-0.1, -0.05) is 19.3 Å². The molecule has 0 bridgehead atoms. The summed E-state index contributed by atoms with van der Waals surface area (Å²) in [6.45, 7) is 0. The predicted octanol–water partition coefficient (Wildman–Crippen LogP) is 2.66. The lowest BCUT2D eigenvalue weighted by Gasteiger charge is -2.35. The molecule has 0 unspecified atom stereocenters. The number of methoxy groups -OCH3 is 1. The van der Waals surface area contributed by atoms with E-state index in [1.54, 1.807) is 0 Å². The van der Waals surface area contributed by atoms with Gasteiger partial charge in [-0.25, -0.2) is 4.39 Å². The molecular weight excluding hydrogens is 221 g/mol. The molecule has 0 spiro atoms. The Labute approximate surface area is 100 Å². The van der Waals surface area contributed by atoms with E-state index in [1.807, 2.05) is 0 Å². The zero-order chi connectivity index (χ0) is 12.5. The molecule has 0 saturated heterocycles. The molecule has 3 nitrogen and oxygen atoms in total. The highest BCUT2D eigenvalue weighted by atomic mass is 19.1. The van der Waals surface area contributed by atoms with Crippen LogP contribution in [-0.2, 0) is 5.54 Å². The fourth-order valence-corrected chi connectivity index (χ4v) is 2.55. The maximum absolute atomic E-state index is 13.3. The monoisotopic (exact) mass is 239 g/mol. The summed E-state index contributed by atoms with van der Waals surface area (Å²) in [4.78, 5) is 0. The topological polar surface area (TPSA) is 55.5 Å². The van der Waals surface area contributed by atoms with Gasteiger partial charge >= 0.3 is 0 Å². The summed E-state index contributed by atoms with van der Waals surface area (Å²) in [6, 6.07) is 2.60. The molecule has 17 heavy (non-hydrogen) atoms. The molecule has 4 heteroatoms. The Kier molecular flexibility index (Phi) is 3.24. The third-order valence-electron chi connectivity index (χ3n) is 3.55. The molecule has 0 aromatic heterocycles. The van der Waals surface area contributed by atoms with Gasteiger partial charge in [0.05, 0.1) is 7.11 Å². The van der Waals surface area contributed by atoms with E-state index >= 15 is 0 Å². The van der Waals surface area contributed by atoms with Crippen molar-refractivity contribution in [2.75, 3.05) is 7.11 Å². The number of benzene rings is 1. The van der Waals surface area contributed by atoms with Gasteiger partial charge in [0, 0.05) is 17.2 Å². The van der Waals surface area contributed by atoms with Crippen molar-refractivity contribution in [2.45, 2.75) is 37.6 Å². The van der Waals surface area contributed by atoms with E-state index in [0.717, 1.165) is 25.7 Å². The fourth-order valence-electron chi connectivity index (χ4n) is 2.55. The van der Waals surface area contributed by atoms with E-state index < -0.39 is 11.4 Å². The molecule has 0 radical (unpaired) electrons. The average Bonchev–Trinajstić information content (AvgIpc) is 2.33. The van der Waals surface area contributed by atoms with Crippen LogP contribution in [0.2, 0.25) is 0 Å². The molecule has 94 valence electrons. The maximum atomic E-state index is 13.3. The van der Waals surface area contributed by atoms with E-state index in [2.05, 4.69) is 0 Å². The molecule has 1 saturated carbocycles. The number of hydrogen-bond donors (Lipinski definition) is 2. The molecule has 1 fully saturated rings. The number of aromatic hydroxyl groups is 1. The van der Waals surface area contributed by atoms with Crippen LogP contribution in [0.15, 0.2) is 12.1 Å². The Morgan fingerprint density at radius 2 is 1.94 bits per heavy atom. The van der Waals surface area contributed by atoms with Gasteiger partial charge in [-0.05, 0) is 18.9 Å². The Bertz CT molecular complexity index is 414. The van der Waals surface area contributed by atoms with Gasteiger partial charge in [0.1, 0.15) is 5.75 Å². The Hall–Kier alpha value is -1.29. The summed E-state index contributed by atoms with van der Waals surface area (Å²) in [5.74, 6) is -0.620. The number of rotatable bonds is 2. The van der Waals surface area contributed by atoms with Crippen molar-refractivity contribution in [3.63, 3.8) is 0 Å². The summed E-state index contributed by atoms with van der Waals surface area (Å²) in [5.41, 5.74) is 6.56. The smallest absolute Gasteiger partial charge is 0.168 e.